The number of likely N-dealkylation sites (tertiary alicyclic amines) is 2. The second-order valence-electron chi connectivity index (χ2n) is 21.2. The average molecular weight is 1170 g/mol. The molecule has 9 amide bonds. The van der Waals surface area contributed by atoms with E-state index in [1.54, 1.807) is 19.9 Å². The number of hydrogen-bond donors (Lipinski definition) is 15. The van der Waals surface area contributed by atoms with E-state index in [0.717, 1.165) is 15.7 Å². The van der Waals surface area contributed by atoms with Gasteiger partial charge >= 0.3 is 5.97 Å². The van der Waals surface area contributed by atoms with Crippen LogP contribution in [0.1, 0.15) is 76.3 Å². The molecular weight excluding hydrogens is 1090 g/mol. The van der Waals surface area contributed by atoms with Crippen molar-refractivity contribution in [2.24, 2.45) is 23.1 Å². The zero-order valence-electron chi connectivity index (χ0n) is 47.5. The number of nitrogens with one attached hydrogen (secondary N) is 10. The summed E-state index contributed by atoms with van der Waals surface area (Å²) in [6, 6.07) is 10.2. The lowest BCUT2D eigenvalue weighted by Crippen LogP contribution is -2.60. The van der Waals surface area contributed by atoms with Crippen molar-refractivity contribution in [3.8, 4) is 5.75 Å². The monoisotopic (exact) mass is 1170 g/mol. The number of amides is 9. The quantitative estimate of drug-likeness (QED) is 0.0187. The zero-order chi connectivity index (χ0) is 61.6. The number of carboxylic acid groups (broad SMARTS) is 1. The highest BCUT2D eigenvalue weighted by Gasteiger charge is 2.40. The number of benzene rings is 3. The molecule has 3 aromatic rings. The molecule has 0 spiro atoms. The summed E-state index contributed by atoms with van der Waals surface area (Å²) in [5.41, 5.74) is 17.5. The number of nitrogens with two attached hydrogens (primary N) is 3. The van der Waals surface area contributed by atoms with Crippen molar-refractivity contribution in [2.45, 2.75) is 120 Å². The Labute approximate surface area is 486 Å². The van der Waals surface area contributed by atoms with Crippen LogP contribution in [0.2, 0.25) is 0 Å². The molecule has 28 heteroatoms. The smallest absolute Gasteiger partial charge is 0.326 e. The van der Waals surface area contributed by atoms with Crippen LogP contribution in [-0.2, 0) is 60.8 Å². The summed E-state index contributed by atoms with van der Waals surface area (Å²) in [5, 5.41) is 58.2. The summed E-state index contributed by atoms with van der Waals surface area (Å²) in [7, 11) is 1.31. The van der Waals surface area contributed by atoms with Crippen LogP contribution in [0.15, 0.2) is 66.7 Å². The van der Waals surface area contributed by atoms with Crippen molar-refractivity contribution in [1.82, 2.24) is 57.2 Å². The molecule has 28 nitrogen and oxygen atoms in total. The Kier molecular flexibility index (Phi) is 25.0. The van der Waals surface area contributed by atoms with Gasteiger partial charge in [-0.1, -0.05) is 68.4 Å². The van der Waals surface area contributed by atoms with E-state index in [0.29, 0.717) is 24.0 Å². The predicted octanol–water partition coefficient (Wildman–Crippen LogP) is -2.46. The Morgan fingerprint density at radius 3 is 1.81 bits per heavy atom. The molecule has 0 radical (unpaired) electrons. The predicted molar refractivity (Wildman–Crippen MR) is 309 cm³/mol. The van der Waals surface area contributed by atoms with E-state index in [1.807, 2.05) is 36.4 Å². The summed E-state index contributed by atoms with van der Waals surface area (Å²) in [6.07, 6.45) is 1.42. The van der Waals surface area contributed by atoms with Crippen LogP contribution in [0.25, 0.3) is 10.8 Å². The van der Waals surface area contributed by atoms with Crippen molar-refractivity contribution in [3.63, 3.8) is 0 Å². The van der Waals surface area contributed by atoms with Crippen LogP contribution in [0.5, 0.6) is 5.75 Å². The number of carbonyl (C=O) groups excluding carboxylic acids is 9. The molecule has 0 bridgehead atoms. The molecule has 2 aliphatic heterocycles. The normalized spacial score (nSPS) is 16.4. The number of fused-ring (bicyclic) bond motifs is 1. The SMILES string of the molecule is CC(C)[C@@H](NC(=O)[C@H](CCCNC(=N)N)NC(=O)[C@@H](Cc1ccc(O)cc1)NC(=O)[C@@H]1CCCN1C(=O)CNC(=O)CN)C(=O)N(C)CC(=O)N[C@@H](CCCNC(=N)N)C(=O)N[C@H](Cc1ccc2ccccc2c1)C(=O)N1CCC[C@H]1C(=O)O. The van der Waals surface area contributed by atoms with E-state index >= 15 is 0 Å². The Hall–Kier alpha value is -9.08. The molecule has 3 aromatic carbocycles. The van der Waals surface area contributed by atoms with Crippen molar-refractivity contribution in [3.05, 3.63) is 77.9 Å². The number of rotatable bonds is 30. The Bertz CT molecular complexity index is 2870. The van der Waals surface area contributed by atoms with Crippen LogP contribution < -0.4 is 59.7 Å². The Balaban J connectivity index is 1.33. The van der Waals surface area contributed by atoms with Crippen molar-refractivity contribution >= 4 is 81.8 Å². The van der Waals surface area contributed by atoms with Crippen LogP contribution >= 0.6 is 0 Å². The molecule has 2 aliphatic rings. The van der Waals surface area contributed by atoms with Crippen molar-refractivity contribution < 1.29 is 58.2 Å². The van der Waals surface area contributed by atoms with E-state index in [9.17, 15) is 58.2 Å². The van der Waals surface area contributed by atoms with E-state index in [4.69, 9.17) is 28.0 Å². The number of aliphatic carboxylic acids is 1. The van der Waals surface area contributed by atoms with Gasteiger partial charge in [0.15, 0.2) is 11.9 Å². The second-order valence-corrected chi connectivity index (χ2v) is 21.2. The largest absolute Gasteiger partial charge is 0.508 e. The van der Waals surface area contributed by atoms with Gasteiger partial charge in [0.2, 0.25) is 53.2 Å². The first kappa shape index (κ1) is 65.7. The van der Waals surface area contributed by atoms with E-state index in [1.165, 1.54) is 41.1 Å². The number of hydrogen-bond acceptors (Lipinski definition) is 14. The first-order valence-electron chi connectivity index (χ1n) is 27.9. The number of guanidine groups is 2. The van der Waals surface area contributed by atoms with Gasteiger partial charge in [-0.15, -0.1) is 0 Å². The van der Waals surface area contributed by atoms with Crippen LogP contribution in [-0.4, -0.2) is 191 Å². The highest BCUT2D eigenvalue weighted by Crippen LogP contribution is 2.23. The van der Waals surface area contributed by atoms with Gasteiger partial charge in [0.25, 0.3) is 0 Å². The first-order valence-corrected chi connectivity index (χ1v) is 27.9. The molecular formula is C56H80N16O12. The minimum absolute atomic E-state index is 0.0239. The average Bonchev–Trinajstić information content (AvgIpc) is 4.36. The molecule has 5 rings (SSSR count). The molecule has 456 valence electrons. The van der Waals surface area contributed by atoms with Crippen molar-refractivity contribution in [2.75, 3.05) is 52.9 Å². The highest BCUT2D eigenvalue weighted by atomic mass is 16.4. The third kappa shape index (κ3) is 19.8. The summed E-state index contributed by atoms with van der Waals surface area (Å²) >= 11 is 0. The lowest BCUT2D eigenvalue weighted by molar-refractivity contribution is -0.149. The van der Waals surface area contributed by atoms with Crippen LogP contribution in [0.3, 0.4) is 0 Å². The summed E-state index contributed by atoms with van der Waals surface area (Å²) < 4.78 is 0. The Morgan fingerprint density at radius 1 is 0.655 bits per heavy atom. The third-order valence-electron chi connectivity index (χ3n) is 14.4. The van der Waals surface area contributed by atoms with Gasteiger partial charge in [-0.2, -0.15) is 0 Å². The molecule has 7 atom stereocenters. The standard InChI is InChI=1S/C56H80N16O12/c1-32(2)47(69-49(78)39(13-7-23-63-56(60)61)66-50(79)40(27-33-17-20-37(73)21-18-33)67-51(80)42-14-8-24-71(42)46(76)30-64-44(74)29-57)53(82)70(3)31-45(75)65-38(12-6-22-62-55(58)59)48(77)68-41(52(81)72-25-9-15-43(72)54(83)84)28-34-16-19-35-10-4-5-11-36(35)26-34/h4-5,10-11,16-21,26,32,38-43,47,73H,6-9,12-15,22-25,27-31,57H2,1-3H3,(H,64,74)(H,65,75)(H,66,79)(H,67,80)(H,68,77)(H,69,78)(H,83,84)(H4,58,59,62)(H4,60,61,63)/t38-,39-,40+,41+,42-,43-,47+/m0/s1. The second kappa shape index (κ2) is 31.9. The van der Waals surface area contributed by atoms with E-state index < -0.39 is 120 Å². The maximum absolute atomic E-state index is 14.4. The molecule has 0 saturated carbocycles. The fraction of sp³-hybridized carbons (Fsp3) is 0.500. The molecule has 18 N–H and O–H groups in total. The van der Waals surface area contributed by atoms with Gasteiger partial charge < -0.3 is 84.6 Å². The van der Waals surface area contributed by atoms with Gasteiger partial charge in [0.1, 0.15) is 48.0 Å². The fourth-order valence-electron chi connectivity index (χ4n) is 10.00. The van der Waals surface area contributed by atoms with Crippen LogP contribution in [0, 0.1) is 16.7 Å². The minimum atomic E-state index is -1.38. The van der Waals surface area contributed by atoms with Gasteiger partial charge in [0.05, 0.1) is 19.6 Å². The number of carbonyl (C=O) groups is 10. The van der Waals surface area contributed by atoms with E-state index in [-0.39, 0.29) is 102 Å². The zero-order valence-corrected chi connectivity index (χ0v) is 47.5. The topological polar surface area (TPSA) is 443 Å². The van der Waals surface area contributed by atoms with Gasteiger partial charge in [-0.25, -0.2) is 4.79 Å². The molecule has 0 unspecified atom stereocenters. The number of phenols is 1. The van der Waals surface area contributed by atoms with E-state index in [2.05, 4.69) is 42.5 Å². The Morgan fingerprint density at radius 2 is 1.20 bits per heavy atom. The molecule has 2 saturated heterocycles. The number of nitrogens with zero attached hydrogens (tertiary/aromatic N) is 3. The fourth-order valence-corrected chi connectivity index (χ4v) is 10.00. The number of likely N-dealkylation sites (N-methyl/N-ethyl adjacent to an activating group) is 1. The van der Waals surface area contributed by atoms with Crippen LogP contribution in [0.4, 0.5) is 0 Å². The summed E-state index contributed by atoms with van der Waals surface area (Å²) in [6.45, 7) is 2.46. The molecule has 2 fully saturated rings. The van der Waals surface area contributed by atoms with Gasteiger partial charge in [0, 0.05) is 46.1 Å². The number of carboxylic acids is 1. The molecule has 0 aliphatic carbocycles. The molecule has 2 heterocycles. The molecule has 0 aromatic heterocycles. The lowest BCUT2D eigenvalue weighted by Gasteiger charge is -2.30. The number of aromatic hydroxyl groups is 1. The lowest BCUT2D eigenvalue weighted by atomic mass is 10.00. The van der Waals surface area contributed by atoms with Gasteiger partial charge in [-0.3, -0.25) is 54.0 Å². The summed E-state index contributed by atoms with van der Waals surface area (Å²) in [5.74, 6) is -8.96. The highest BCUT2D eigenvalue weighted by molar-refractivity contribution is 5.98. The first-order chi connectivity index (χ1) is 39.9. The minimum Gasteiger partial charge on any atom is -0.508 e. The van der Waals surface area contributed by atoms with Gasteiger partial charge in [-0.05, 0) is 91.3 Å². The molecule has 84 heavy (non-hydrogen) atoms. The number of phenolic OH excluding ortho intramolecular Hbond substituents is 1. The summed E-state index contributed by atoms with van der Waals surface area (Å²) in [4.78, 5) is 140. The third-order valence-corrected chi connectivity index (χ3v) is 14.4. The maximum Gasteiger partial charge on any atom is 0.326 e. The maximum atomic E-state index is 14.4. The van der Waals surface area contributed by atoms with Crippen molar-refractivity contribution in [1.29, 1.82) is 10.8 Å².